The molecule has 5 nitrogen and oxygen atoms in total. The Balaban J connectivity index is 0.000000257. The molecule has 0 aliphatic carbocycles. The van der Waals surface area contributed by atoms with Crippen LogP contribution in [0.5, 0.6) is 5.75 Å². The van der Waals surface area contributed by atoms with Gasteiger partial charge in [-0.15, -0.1) is 0 Å². The number of hydrogen-bond donors (Lipinski definition) is 1. The topological polar surface area (TPSA) is 56.1 Å². The van der Waals surface area contributed by atoms with E-state index in [4.69, 9.17) is 4.74 Å². The van der Waals surface area contributed by atoms with Crippen LogP contribution in [0.25, 0.3) is 16.7 Å². The maximum atomic E-state index is 13.1. The van der Waals surface area contributed by atoms with Crippen molar-refractivity contribution < 1.29 is 22.7 Å². The quantitative estimate of drug-likeness (QED) is 0.285. The molecule has 1 fully saturated rings. The predicted molar refractivity (Wildman–Crippen MR) is 143 cm³/mol. The molecule has 1 aromatic heterocycles. The molecule has 0 radical (unpaired) electrons. The standard InChI is InChI=1S/C20H20F3N3O.C10H12O/c1-27-15-8-6-14(7-9-15)26-18-10-5-13(20(21,22)23)12-17(18)25-19(26)16-4-2-3-11-24-16;1-7-4-8(2)10(6-11)9(3)5-7/h5-10,12,16,24H,2-4,11H2,1H3;4-6H,1-3H3. The SMILES string of the molecule is COc1ccc(-n2c(C3CCCCN3)nc3cc(C(F)(F)F)ccc32)cc1.Cc1cc(C)c(C=O)c(C)c1. The summed E-state index contributed by atoms with van der Waals surface area (Å²) in [5, 5.41) is 3.44. The molecule has 5 rings (SSSR count). The van der Waals surface area contributed by atoms with Crippen molar-refractivity contribution in [1.29, 1.82) is 0 Å². The molecule has 0 saturated carbocycles. The lowest BCUT2D eigenvalue weighted by Crippen LogP contribution is -2.29. The summed E-state index contributed by atoms with van der Waals surface area (Å²) in [5.41, 5.74) is 5.35. The van der Waals surface area contributed by atoms with E-state index >= 15 is 0 Å². The zero-order valence-electron chi connectivity index (χ0n) is 22.0. The first-order valence-corrected chi connectivity index (χ1v) is 12.6. The third-order valence-electron chi connectivity index (χ3n) is 6.82. The lowest BCUT2D eigenvalue weighted by Gasteiger charge is -2.24. The molecule has 3 aromatic carbocycles. The molecule has 1 aliphatic heterocycles. The summed E-state index contributed by atoms with van der Waals surface area (Å²) in [6, 6.07) is 15.3. The summed E-state index contributed by atoms with van der Waals surface area (Å²) in [4.78, 5) is 15.2. The van der Waals surface area contributed by atoms with Crippen molar-refractivity contribution in [3.8, 4) is 11.4 Å². The van der Waals surface area contributed by atoms with Crippen molar-refractivity contribution in [1.82, 2.24) is 14.9 Å². The van der Waals surface area contributed by atoms with Gasteiger partial charge in [0.05, 0.1) is 29.7 Å². The molecular weight excluding hydrogens is 491 g/mol. The van der Waals surface area contributed by atoms with Crippen molar-refractivity contribution in [2.75, 3.05) is 13.7 Å². The second kappa shape index (κ2) is 11.4. The van der Waals surface area contributed by atoms with Crippen LogP contribution in [0.1, 0.15) is 63.7 Å². The highest BCUT2D eigenvalue weighted by Gasteiger charge is 2.32. The molecule has 1 saturated heterocycles. The fraction of sp³-hybridized carbons (Fsp3) is 0.333. The molecule has 1 N–H and O–H groups in total. The first-order valence-electron chi connectivity index (χ1n) is 12.6. The summed E-state index contributed by atoms with van der Waals surface area (Å²) in [5.74, 6) is 1.47. The molecule has 2 heterocycles. The molecular formula is C30H32F3N3O2. The zero-order valence-corrected chi connectivity index (χ0v) is 22.0. The van der Waals surface area contributed by atoms with Crippen molar-refractivity contribution >= 4 is 17.3 Å². The summed E-state index contributed by atoms with van der Waals surface area (Å²) in [6.07, 6.45) is -0.397. The number of rotatable bonds is 4. The Morgan fingerprint density at radius 1 is 1.00 bits per heavy atom. The Hall–Kier alpha value is -3.65. The number of aryl methyl sites for hydroxylation is 3. The van der Waals surface area contributed by atoms with E-state index in [9.17, 15) is 18.0 Å². The second-order valence-corrected chi connectivity index (χ2v) is 9.64. The zero-order chi connectivity index (χ0) is 27.4. The van der Waals surface area contributed by atoms with E-state index in [1.165, 1.54) is 11.6 Å². The molecule has 1 unspecified atom stereocenters. The number of alkyl halides is 3. The highest BCUT2D eigenvalue weighted by molar-refractivity contribution is 5.80. The normalized spacial score (nSPS) is 15.6. The van der Waals surface area contributed by atoms with Crippen LogP contribution >= 0.6 is 0 Å². The molecule has 200 valence electrons. The van der Waals surface area contributed by atoms with Gasteiger partial charge in [0.25, 0.3) is 0 Å². The van der Waals surface area contributed by atoms with Gasteiger partial charge >= 0.3 is 6.18 Å². The maximum Gasteiger partial charge on any atom is 0.416 e. The Morgan fingerprint density at radius 2 is 1.68 bits per heavy atom. The third-order valence-corrected chi connectivity index (χ3v) is 6.82. The largest absolute Gasteiger partial charge is 0.497 e. The van der Waals surface area contributed by atoms with Gasteiger partial charge in [-0.3, -0.25) is 9.36 Å². The van der Waals surface area contributed by atoms with E-state index < -0.39 is 11.7 Å². The van der Waals surface area contributed by atoms with Gasteiger partial charge in [-0.25, -0.2) is 4.98 Å². The number of hydrogen-bond acceptors (Lipinski definition) is 4. The molecule has 8 heteroatoms. The number of halogens is 3. The highest BCUT2D eigenvalue weighted by atomic mass is 19.4. The van der Waals surface area contributed by atoms with Crippen LogP contribution in [0.2, 0.25) is 0 Å². The first-order chi connectivity index (χ1) is 18.1. The minimum Gasteiger partial charge on any atom is -0.497 e. The number of carbonyl (C=O) groups is 1. The molecule has 0 bridgehead atoms. The number of nitrogens with one attached hydrogen (secondary N) is 1. The number of benzene rings is 3. The number of aldehydes is 1. The average molecular weight is 524 g/mol. The molecule has 0 amide bonds. The number of aromatic nitrogens is 2. The average Bonchev–Trinajstić information content (AvgIpc) is 3.28. The van der Waals surface area contributed by atoms with Crippen LogP contribution in [-0.2, 0) is 6.18 Å². The molecule has 38 heavy (non-hydrogen) atoms. The fourth-order valence-electron chi connectivity index (χ4n) is 4.96. The van der Waals surface area contributed by atoms with E-state index in [0.29, 0.717) is 11.0 Å². The summed E-state index contributed by atoms with van der Waals surface area (Å²) >= 11 is 0. The van der Waals surface area contributed by atoms with E-state index in [-0.39, 0.29) is 6.04 Å². The summed E-state index contributed by atoms with van der Waals surface area (Å²) in [7, 11) is 1.59. The number of methoxy groups -OCH3 is 1. The minimum atomic E-state index is -4.39. The van der Waals surface area contributed by atoms with Crippen molar-refractivity contribution in [2.45, 2.75) is 52.3 Å². The van der Waals surface area contributed by atoms with Gasteiger partial charge in [-0.2, -0.15) is 13.2 Å². The molecule has 0 spiro atoms. The van der Waals surface area contributed by atoms with Crippen LogP contribution in [0.4, 0.5) is 13.2 Å². The fourth-order valence-corrected chi connectivity index (χ4v) is 4.96. The van der Waals surface area contributed by atoms with Crippen LogP contribution in [0.15, 0.2) is 54.6 Å². The monoisotopic (exact) mass is 523 g/mol. The van der Waals surface area contributed by atoms with Crippen LogP contribution in [0.3, 0.4) is 0 Å². The van der Waals surface area contributed by atoms with Gasteiger partial charge < -0.3 is 10.1 Å². The van der Waals surface area contributed by atoms with Gasteiger partial charge in [0.2, 0.25) is 0 Å². The Bertz CT molecular complexity index is 1400. The number of nitrogens with zero attached hydrogens (tertiary/aromatic N) is 2. The molecule has 1 aliphatic rings. The van der Waals surface area contributed by atoms with Gasteiger partial charge in [0.1, 0.15) is 11.6 Å². The lowest BCUT2D eigenvalue weighted by atomic mass is 10.0. The van der Waals surface area contributed by atoms with Crippen molar-refractivity contribution in [2.24, 2.45) is 0 Å². The second-order valence-electron chi connectivity index (χ2n) is 9.64. The highest BCUT2D eigenvalue weighted by Crippen LogP contribution is 2.34. The molecule has 1 atom stereocenters. The van der Waals surface area contributed by atoms with E-state index in [1.807, 2.05) is 61.7 Å². The van der Waals surface area contributed by atoms with Crippen molar-refractivity contribution in [3.05, 3.63) is 88.2 Å². The van der Waals surface area contributed by atoms with Crippen LogP contribution < -0.4 is 10.1 Å². The maximum absolute atomic E-state index is 13.1. The Kier molecular flexibility index (Phi) is 8.21. The van der Waals surface area contributed by atoms with E-state index in [1.54, 1.807) is 7.11 Å². The summed E-state index contributed by atoms with van der Waals surface area (Å²) < 4.78 is 46.5. The minimum absolute atomic E-state index is 0.0163. The van der Waals surface area contributed by atoms with Gasteiger partial charge in [-0.1, -0.05) is 24.1 Å². The van der Waals surface area contributed by atoms with Crippen LogP contribution in [0, 0.1) is 20.8 Å². The van der Waals surface area contributed by atoms with Crippen molar-refractivity contribution in [3.63, 3.8) is 0 Å². The smallest absolute Gasteiger partial charge is 0.416 e. The number of imidazole rings is 1. The predicted octanol–water partition coefficient (Wildman–Crippen LogP) is 7.29. The lowest BCUT2D eigenvalue weighted by molar-refractivity contribution is -0.137. The number of carbonyl (C=O) groups excluding carboxylic acids is 1. The number of ether oxygens (including phenoxy) is 1. The van der Waals surface area contributed by atoms with Gasteiger partial charge in [0, 0.05) is 11.3 Å². The summed E-state index contributed by atoms with van der Waals surface area (Å²) in [6.45, 7) is 6.84. The Morgan fingerprint density at radius 3 is 2.24 bits per heavy atom. The van der Waals surface area contributed by atoms with E-state index in [2.05, 4.69) is 10.3 Å². The number of piperidine rings is 1. The Labute approximate surface area is 220 Å². The van der Waals surface area contributed by atoms with Gasteiger partial charge in [-0.05, 0) is 93.7 Å². The van der Waals surface area contributed by atoms with E-state index in [0.717, 1.165) is 78.2 Å². The first kappa shape index (κ1) is 27.4. The third kappa shape index (κ3) is 5.91. The molecule has 4 aromatic rings. The number of fused-ring (bicyclic) bond motifs is 1. The van der Waals surface area contributed by atoms with Crippen LogP contribution in [-0.4, -0.2) is 29.5 Å². The van der Waals surface area contributed by atoms with Gasteiger partial charge in [0.15, 0.2) is 6.29 Å².